The lowest BCUT2D eigenvalue weighted by Gasteiger charge is -2.16. The first-order valence-electron chi connectivity index (χ1n) is 13.5. The molecule has 0 aromatic carbocycles. The minimum Gasteiger partial charge on any atom is -0.261 e. The zero-order valence-electron chi connectivity index (χ0n) is 26.5. The molecule has 0 radical (unpaired) electrons. The molecule has 0 N–H and O–H groups in total. The van der Waals surface area contributed by atoms with Crippen LogP contribution >= 0.6 is 0 Å². The monoisotopic (exact) mass is 560 g/mol. The van der Waals surface area contributed by atoms with E-state index in [2.05, 4.69) is 123 Å². The molecule has 4 aromatic heterocycles. The molecular weight excluding hydrogens is 508 g/mol. The van der Waals surface area contributed by atoms with Crippen molar-refractivity contribution in [2.45, 2.75) is 112 Å². The van der Waals surface area contributed by atoms with Gasteiger partial charge < -0.3 is 0 Å². The number of hydrogen-bond donors (Lipinski definition) is 0. The molecule has 0 aliphatic heterocycles. The third-order valence-corrected chi connectivity index (χ3v) is 5.26. The Morgan fingerprint density at radius 1 is 0.463 bits per heavy atom. The number of aromatic nitrogens is 8. The van der Waals surface area contributed by atoms with Crippen molar-refractivity contribution < 1.29 is 0 Å². The van der Waals surface area contributed by atoms with Crippen LogP contribution < -0.4 is 0 Å². The van der Waals surface area contributed by atoms with Crippen LogP contribution in [0.25, 0.3) is 0 Å². The van der Waals surface area contributed by atoms with Gasteiger partial charge in [-0.15, -0.1) is 0 Å². The largest absolute Gasteiger partial charge is 0.261 e. The van der Waals surface area contributed by atoms with Crippen molar-refractivity contribution in [3.8, 4) is 0 Å². The first-order chi connectivity index (χ1) is 18.4. The molecular formula is C33H52N8. The molecule has 0 fully saturated rings. The maximum Gasteiger partial charge on any atom is 0.133 e. The second kappa shape index (κ2) is 16.6. The summed E-state index contributed by atoms with van der Waals surface area (Å²) in [6, 6.07) is 7.68. The summed E-state index contributed by atoms with van der Waals surface area (Å²) < 4.78 is 0. The predicted molar refractivity (Wildman–Crippen MR) is 170 cm³/mol. The van der Waals surface area contributed by atoms with Gasteiger partial charge in [-0.25, -0.2) is 19.9 Å². The van der Waals surface area contributed by atoms with E-state index in [4.69, 9.17) is 0 Å². The highest BCUT2D eigenvalue weighted by molar-refractivity contribution is 5.10. The molecule has 0 aliphatic rings. The van der Waals surface area contributed by atoms with Crippen LogP contribution in [0.15, 0.2) is 74.0 Å². The van der Waals surface area contributed by atoms with Crippen molar-refractivity contribution in [2.75, 3.05) is 0 Å². The Balaban J connectivity index is 0.000000516. The minimum atomic E-state index is 0. The molecule has 0 saturated heterocycles. The van der Waals surface area contributed by atoms with Crippen molar-refractivity contribution >= 4 is 0 Å². The van der Waals surface area contributed by atoms with E-state index >= 15 is 0 Å². The summed E-state index contributed by atoms with van der Waals surface area (Å²) in [6.07, 6.45) is 13.8. The molecule has 0 aliphatic carbocycles. The van der Waals surface area contributed by atoms with Gasteiger partial charge in [-0.2, -0.15) is 10.2 Å². The molecule has 8 heteroatoms. The second-order valence-corrected chi connectivity index (χ2v) is 13.4. The molecule has 0 spiro atoms. The number of nitrogens with zero attached hydrogens (tertiary/aromatic N) is 8. The highest BCUT2D eigenvalue weighted by Gasteiger charge is 2.16. The van der Waals surface area contributed by atoms with Gasteiger partial charge in [0.05, 0.1) is 11.4 Å². The van der Waals surface area contributed by atoms with E-state index in [0.29, 0.717) is 0 Å². The van der Waals surface area contributed by atoms with Crippen LogP contribution in [0.4, 0.5) is 0 Å². The van der Waals surface area contributed by atoms with Crippen molar-refractivity contribution in [3.63, 3.8) is 0 Å². The summed E-state index contributed by atoms with van der Waals surface area (Å²) in [4.78, 5) is 24.4. The SMILES string of the molecule is C.CC(C)(C)c1cccnn1.CC(C)(C)c1ccncn1.CC(C)(C)c1cnccn1.CC(C)(C)c1ncccn1. The molecule has 0 atom stereocenters. The fraction of sp³-hybridized carbons (Fsp3) is 0.515. The zero-order chi connectivity index (χ0) is 30.5. The van der Waals surface area contributed by atoms with Gasteiger partial charge in [-0.3, -0.25) is 9.97 Å². The van der Waals surface area contributed by atoms with Gasteiger partial charge in [0.2, 0.25) is 0 Å². The van der Waals surface area contributed by atoms with Crippen molar-refractivity contribution in [1.82, 2.24) is 40.1 Å². The second-order valence-electron chi connectivity index (χ2n) is 13.4. The summed E-state index contributed by atoms with van der Waals surface area (Å²) in [5, 5.41) is 7.80. The Kier molecular flexibility index (Phi) is 15.1. The predicted octanol–water partition coefficient (Wildman–Crippen LogP) is 7.73. The summed E-state index contributed by atoms with van der Waals surface area (Å²) in [7, 11) is 0. The third kappa shape index (κ3) is 15.6. The standard InChI is InChI=1S/4C8H12N2.CH4/c1-8(2,3)7-6-9-4-5-10-7;1-8(2,3)7-4-5-9-6-10-7;1-8(2,3)7-9-5-4-6-10-7;1-8(2,3)7-5-4-6-9-10-7;/h4*4-6H,1-3H3;1H4. The van der Waals surface area contributed by atoms with Gasteiger partial charge in [0, 0.05) is 70.7 Å². The number of hydrogen-bond acceptors (Lipinski definition) is 8. The lowest BCUT2D eigenvalue weighted by atomic mass is 9.92. The van der Waals surface area contributed by atoms with Crippen LogP contribution in [0, 0.1) is 0 Å². The Labute approximate surface area is 249 Å². The van der Waals surface area contributed by atoms with Crippen molar-refractivity contribution in [3.05, 3.63) is 96.9 Å². The van der Waals surface area contributed by atoms with Crippen LogP contribution in [0.2, 0.25) is 0 Å². The molecule has 4 rings (SSSR count). The quantitative estimate of drug-likeness (QED) is 0.215. The third-order valence-electron chi connectivity index (χ3n) is 5.26. The molecule has 0 bridgehead atoms. The minimum absolute atomic E-state index is 0. The Morgan fingerprint density at radius 2 is 1.05 bits per heavy atom. The average Bonchev–Trinajstić information content (AvgIpc) is 2.90. The van der Waals surface area contributed by atoms with Crippen LogP contribution in [0.1, 0.15) is 113 Å². The molecule has 4 aromatic rings. The summed E-state index contributed by atoms with van der Waals surface area (Å²) in [6.45, 7) is 25.4. The van der Waals surface area contributed by atoms with Crippen molar-refractivity contribution in [1.29, 1.82) is 0 Å². The summed E-state index contributed by atoms with van der Waals surface area (Å²) in [5.74, 6) is 0.898. The Bertz CT molecular complexity index is 991. The van der Waals surface area contributed by atoms with E-state index in [1.165, 1.54) is 0 Å². The smallest absolute Gasteiger partial charge is 0.133 e. The average molecular weight is 561 g/mol. The Hall–Kier alpha value is -3.68. The first-order valence-corrected chi connectivity index (χ1v) is 13.5. The molecule has 0 unspecified atom stereocenters. The van der Waals surface area contributed by atoms with E-state index in [1.807, 2.05) is 24.3 Å². The number of rotatable bonds is 0. The van der Waals surface area contributed by atoms with E-state index < -0.39 is 0 Å². The first kappa shape index (κ1) is 37.3. The van der Waals surface area contributed by atoms with Gasteiger partial charge in [0.25, 0.3) is 0 Å². The highest BCUT2D eigenvalue weighted by Crippen LogP contribution is 2.19. The van der Waals surface area contributed by atoms with E-state index in [9.17, 15) is 0 Å². The van der Waals surface area contributed by atoms with Gasteiger partial charge in [0.1, 0.15) is 12.2 Å². The van der Waals surface area contributed by atoms with Gasteiger partial charge in [-0.1, -0.05) is 90.5 Å². The molecule has 8 nitrogen and oxygen atoms in total. The molecule has 41 heavy (non-hydrogen) atoms. The lowest BCUT2D eigenvalue weighted by Crippen LogP contribution is -2.14. The molecule has 224 valence electrons. The van der Waals surface area contributed by atoms with Crippen LogP contribution in [0.5, 0.6) is 0 Å². The van der Waals surface area contributed by atoms with Gasteiger partial charge in [-0.05, 0) is 24.3 Å². The molecule has 0 saturated carbocycles. The van der Waals surface area contributed by atoms with Crippen LogP contribution in [-0.4, -0.2) is 40.1 Å². The van der Waals surface area contributed by atoms with Gasteiger partial charge >= 0.3 is 0 Å². The summed E-state index contributed by atoms with van der Waals surface area (Å²) in [5.41, 5.74) is 3.61. The normalized spacial score (nSPS) is 11.2. The fourth-order valence-electron chi connectivity index (χ4n) is 2.81. The maximum absolute atomic E-state index is 4.19. The summed E-state index contributed by atoms with van der Waals surface area (Å²) >= 11 is 0. The maximum atomic E-state index is 4.19. The highest BCUT2D eigenvalue weighted by atomic mass is 15.1. The topological polar surface area (TPSA) is 103 Å². The van der Waals surface area contributed by atoms with E-state index in [0.717, 1.165) is 22.9 Å². The van der Waals surface area contributed by atoms with Crippen LogP contribution in [0.3, 0.4) is 0 Å². The van der Waals surface area contributed by atoms with E-state index in [1.54, 1.807) is 49.7 Å². The Morgan fingerprint density at radius 3 is 1.34 bits per heavy atom. The van der Waals surface area contributed by atoms with Gasteiger partial charge in [0.15, 0.2) is 0 Å². The van der Waals surface area contributed by atoms with E-state index in [-0.39, 0.29) is 29.1 Å². The van der Waals surface area contributed by atoms with Crippen LogP contribution in [-0.2, 0) is 21.7 Å². The zero-order valence-corrected chi connectivity index (χ0v) is 26.5. The lowest BCUT2D eigenvalue weighted by molar-refractivity contribution is 0.545. The van der Waals surface area contributed by atoms with Crippen molar-refractivity contribution in [2.24, 2.45) is 0 Å². The molecule has 0 amide bonds. The fourth-order valence-corrected chi connectivity index (χ4v) is 2.81. The molecule has 4 heterocycles.